The van der Waals surface area contributed by atoms with E-state index >= 15 is 0 Å². The highest BCUT2D eigenvalue weighted by Crippen LogP contribution is 2.24. The van der Waals surface area contributed by atoms with E-state index in [0.29, 0.717) is 5.52 Å². The third kappa shape index (κ3) is 1.61. The lowest BCUT2D eigenvalue weighted by Gasteiger charge is -2.03. The number of hydrogen-bond acceptors (Lipinski definition) is 3. The van der Waals surface area contributed by atoms with Crippen molar-refractivity contribution in [3.8, 4) is 5.75 Å². The normalized spacial score (nSPS) is 10.5. The topological polar surface area (TPSA) is 70.4 Å². The van der Waals surface area contributed by atoms with Crippen molar-refractivity contribution in [2.24, 2.45) is 0 Å². The van der Waals surface area contributed by atoms with Crippen molar-refractivity contribution in [3.63, 3.8) is 0 Å². The molecule has 4 heteroatoms. The van der Waals surface area contributed by atoms with E-state index in [-0.39, 0.29) is 11.4 Å². The highest BCUT2D eigenvalue weighted by atomic mass is 16.4. The summed E-state index contributed by atoms with van der Waals surface area (Å²) in [4.78, 5) is 14.5. The zero-order valence-corrected chi connectivity index (χ0v) is 8.06. The fourth-order valence-electron chi connectivity index (χ4n) is 1.48. The molecule has 1 aromatic heterocycles. The van der Waals surface area contributed by atoms with Gasteiger partial charge in [-0.05, 0) is 30.7 Å². The van der Waals surface area contributed by atoms with Crippen LogP contribution in [0.5, 0.6) is 5.75 Å². The van der Waals surface area contributed by atoms with Crippen LogP contribution in [-0.4, -0.2) is 21.2 Å². The summed E-state index contributed by atoms with van der Waals surface area (Å²) in [5.74, 6) is -1.09. The van der Waals surface area contributed by atoms with Gasteiger partial charge >= 0.3 is 5.97 Å². The van der Waals surface area contributed by atoms with E-state index in [4.69, 9.17) is 5.11 Å². The molecule has 0 saturated carbocycles. The largest absolute Gasteiger partial charge is 0.506 e. The first-order valence-corrected chi connectivity index (χ1v) is 4.41. The number of aromatic carboxylic acids is 1. The predicted octanol–water partition coefficient (Wildman–Crippen LogP) is 1.95. The fraction of sp³-hybridized carbons (Fsp3) is 0.0909. The van der Waals surface area contributed by atoms with Gasteiger partial charge in [0.25, 0.3) is 0 Å². The number of aromatic nitrogens is 1. The van der Waals surface area contributed by atoms with Crippen molar-refractivity contribution in [2.75, 3.05) is 0 Å². The van der Waals surface area contributed by atoms with E-state index in [1.54, 1.807) is 12.1 Å². The number of hydrogen-bond donors (Lipinski definition) is 2. The van der Waals surface area contributed by atoms with Gasteiger partial charge in [-0.1, -0.05) is 6.07 Å². The molecule has 0 bridgehead atoms. The molecule has 76 valence electrons. The van der Waals surface area contributed by atoms with E-state index in [2.05, 4.69) is 4.98 Å². The number of carboxylic acid groups (broad SMARTS) is 1. The van der Waals surface area contributed by atoms with Crippen molar-refractivity contribution in [3.05, 3.63) is 35.5 Å². The maximum Gasteiger partial charge on any atom is 0.354 e. The number of pyridine rings is 1. The summed E-state index contributed by atoms with van der Waals surface area (Å²) in [6, 6.07) is 6.46. The second-order valence-electron chi connectivity index (χ2n) is 3.36. The second-order valence-corrected chi connectivity index (χ2v) is 3.36. The molecule has 0 fully saturated rings. The Kier molecular flexibility index (Phi) is 2.04. The van der Waals surface area contributed by atoms with Crippen LogP contribution in [0.15, 0.2) is 24.3 Å². The summed E-state index contributed by atoms with van der Waals surface area (Å²) in [5, 5.41) is 19.1. The third-order valence-electron chi connectivity index (χ3n) is 2.14. The summed E-state index contributed by atoms with van der Waals surface area (Å²) < 4.78 is 0. The molecule has 0 aliphatic carbocycles. The van der Waals surface area contributed by atoms with Gasteiger partial charge in [0.05, 0.1) is 0 Å². The fourth-order valence-corrected chi connectivity index (χ4v) is 1.48. The number of phenolic OH excluding ortho intramolecular Hbond substituents is 1. The predicted molar refractivity (Wildman–Crippen MR) is 55.1 cm³/mol. The van der Waals surface area contributed by atoms with Crippen molar-refractivity contribution in [1.29, 1.82) is 0 Å². The van der Waals surface area contributed by atoms with E-state index < -0.39 is 5.97 Å². The molecule has 4 nitrogen and oxygen atoms in total. The summed E-state index contributed by atoms with van der Waals surface area (Å²) in [7, 11) is 0. The van der Waals surface area contributed by atoms with Crippen LogP contribution in [0.3, 0.4) is 0 Å². The first kappa shape index (κ1) is 9.45. The molecule has 2 N–H and O–H groups in total. The van der Waals surface area contributed by atoms with Crippen LogP contribution >= 0.6 is 0 Å². The molecule has 2 aromatic rings. The summed E-state index contributed by atoms with van der Waals surface area (Å²) in [6.07, 6.45) is 0. The standard InChI is InChI=1S/C11H9NO3/c1-6-4-7-2-3-8(11(14)15)12-10(7)9(13)5-6/h2-5,13H,1H3,(H,14,15). The highest BCUT2D eigenvalue weighted by Gasteiger charge is 2.08. The van der Waals surface area contributed by atoms with E-state index in [1.165, 1.54) is 6.07 Å². The van der Waals surface area contributed by atoms with Crippen LogP contribution in [0.4, 0.5) is 0 Å². The Balaban J connectivity index is 2.76. The van der Waals surface area contributed by atoms with Gasteiger partial charge in [-0.3, -0.25) is 0 Å². The molecule has 0 spiro atoms. The Morgan fingerprint density at radius 1 is 1.33 bits per heavy atom. The molecule has 0 aliphatic heterocycles. The summed E-state index contributed by atoms with van der Waals surface area (Å²) in [5.41, 5.74) is 1.16. The van der Waals surface area contributed by atoms with Crippen LogP contribution in [-0.2, 0) is 0 Å². The van der Waals surface area contributed by atoms with E-state index in [0.717, 1.165) is 10.9 Å². The van der Waals surface area contributed by atoms with Crippen molar-refractivity contribution < 1.29 is 15.0 Å². The number of benzene rings is 1. The van der Waals surface area contributed by atoms with Gasteiger partial charge in [0, 0.05) is 5.39 Å². The lowest BCUT2D eigenvalue weighted by molar-refractivity contribution is 0.0691. The van der Waals surface area contributed by atoms with Gasteiger partial charge < -0.3 is 10.2 Å². The van der Waals surface area contributed by atoms with E-state index in [1.807, 2.05) is 13.0 Å². The van der Waals surface area contributed by atoms with E-state index in [9.17, 15) is 9.90 Å². The molecule has 1 aromatic carbocycles. The number of phenols is 1. The average Bonchev–Trinajstić information content (AvgIpc) is 2.16. The Labute approximate surface area is 85.8 Å². The van der Waals surface area contributed by atoms with Crippen LogP contribution in [0.1, 0.15) is 16.1 Å². The average molecular weight is 203 g/mol. The maximum atomic E-state index is 10.7. The van der Waals surface area contributed by atoms with Gasteiger partial charge in [0.1, 0.15) is 17.0 Å². The minimum atomic E-state index is -1.10. The van der Waals surface area contributed by atoms with Gasteiger partial charge in [-0.25, -0.2) is 9.78 Å². The molecule has 1 heterocycles. The molecule has 0 atom stereocenters. The van der Waals surface area contributed by atoms with Crippen LogP contribution < -0.4 is 0 Å². The number of carboxylic acids is 1. The second kappa shape index (κ2) is 3.24. The molecule has 0 saturated heterocycles. The molecular weight excluding hydrogens is 194 g/mol. The molecular formula is C11H9NO3. The minimum Gasteiger partial charge on any atom is -0.506 e. The van der Waals surface area contributed by atoms with Gasteiger partial charge in [0.2, 0.25) is 0 Å². The molecule has 15 heavy (non-hydrogen) atoms. The third-order valence-corrected chi connectivity index (χ3v) is 2.14. The number of nitrogens with zero attached hydrogens (tertiary/aromatic N) is 1. The molecule has 0 radical (unpaired) electrons. The summed E-state index contributed by atoms with van der Waals surface area (Å²) >= 11 is 0. The smallest absolute Gasteiger partial charge is 0.354 e. The van der Waals surface area contributed by atoms with Crippen LogP contribution in [0.2, 0.25) is 0 Å². The van der Waals surface area contributed by atoms with Crippen LogP contribution in [0.25, 0.3) is 10.9 Å². The molecule has 0 amide bonds. The van der Waals surface area contributed by atoms with Gasteiger partial charge in [-0.2, -0.15) is 0 Å². The van der Waals surface area contributed by atoms with Gasteiger partial charge in [-0.15, -0.1) is 0 Å². The number of fused-ring (bicyclic) bond motifs is 1. The van der Waals surface area contributed by atoms with Gasteiger partial charge in [0.15, 0.2) is 0 Å². The lowest BCUT2D eigenvalue weighted by Crippen LogP contribution is -1.99. The first-order chi connectivity index (χ1) is 7.08. The zero-order valence-electron chi connectivity index (χ0n) is 8.06. The minimum absolute atomic E-state index is 0.00750. The quantitative estimate of drug-likeness (QED) is 0.743. The number of aromatic hydroxyl groups is 1. The number of aryl methyl sites for hydroxylation is 1. The SMILES string of the molecule is Cc1cc(O)c2nc(C(=O)O)ccc2c1. The summed E-state index contributed by atoms with van der Waals surface area (Å²) in [6.45, 7) is 1.85. The lowest BCUT2D eigenvalue weighted by atomic mass is 10.1. The highest BCUT2D eigenvalue weighted by molar-refractivity contribution is 5.92. The first-order valence-electron chi connectivity index (χ1n) is 4.41. The Morgan fingerprint density at radius 2 is 2.07 bits per heavy atom. The Morgan fingerprint density at radius 3 is 2.73 bits per heavy atom. The monoisotopic (exact) mass is 203 g/mol. The molecule has 0 aliphatic rings. The Hall–Kier alpha value is -2.10. The molecule has 2 rings (SSSR count). The number of carbonyl (C=O) groups is 1. The maximum absolute atomic E-state index is 10.7. The van der Waals surface area contributed by atoms with Crippen molar-refractivity contribution in [2.45, 2.75) is 6.92 Å². The molecule has 0 unspecified atom stereocenters. The van der Waals surface area contributed by atoms with Crippen molar-refractivity contribution in [1.82, 2.24) is 4.98 Å². The van der Waals surface area contributed by atoms with Crippen LogP contribution in [0, 0.1) is 6.92 Å². The zero-order chi connectivity index (χ0) is 11.0. The van der Waals surface area contributed by atoms with Crippen molar-refractivity contribution >= 4 is 16.9 Å². The number of rotatable bonds is 1. The Bertz CT molecular complexity index is 549.